The number of amides is 1. The number of benzene rings is 2. The first-order valence-corrected chi connectivity index (χ1v) is 7.06. The van der Waals surface area contributed by atoms with Crippen LogP contribution in [0.25, 0.3) is 0 Å². The molecule has 0 aromatic heterocycles. The van der Waals surface area contributed by atoms with Crippen molar-refractivity contribution in [1.82, 2.24) is 5.32 Å². The Balaban J connectivity index is 1.95. The lowest BCUT2D eigenvalue weighted by Crippen LogP contribution is -2.29. The van der Waals surface area contributed by atoms with E-state index in [2.05, 4.69) is 10.6 Å². The normalized spacial score (nSPS) is 9.95. The molecular weight excluding hydrogens is 264 g/mol. The summed E-state index contributed by atoms with van der Waals surface area (Å²) in [5, 5.41) is 5.85. The molecule has 1 amide bonds. The van der Waals surface area contributed by atoms with Gasteiger partial charge in [-0.1, -0.05) is 42.5 Å². The van der Waals surface area contributed by atoms with Crippen LogP contribution < -0.4 is 15.4 Å². The highest BCUT2D eigenvalue weighted by atomic mass is 16.5. The SMILES string of the molecule is CCNC(=O)CNc1ccccc1OCc1ccccc1. The zero-order valence-corrected chi connectivity index (χ0v) is 12.1. The molecule has 0 heterocycles. The van der Waals surface area contributed by atoms with Crippen LogP contribution in [-0.4, -0.2) is 19.0 Å². The standard InChI is InChI=1S/C17H20N2O2/c1-2-18-17(20)12-19-15-10-6-7-11-16(15)21-13-14-8-4-3-5-9-14/h3-11,19H,2,12-13H2,1H3,(H,18,20). The first-order chi connectivity index (χ1) is 10.3. The first-order valence-electron chi connectivity index (χ1n) is 7.06. The van der Waals surface area contributed by atoms with Crippen molar-refractivity contribution in [2.24, 2.45) is 0 Å². The predicted octanol–water partition coefficient (Wildman–Crippen LogP) is 2.81. The second-order valence-electron chi connectivity index (χ2n) is 4.58. The van der Waals surface area contributed by atoms with E-state index in [1.54, 1.807) is 0 Å². The van der Waals surface area contributed by atoms with Crippen LogP contribution in [0.4, 0.5) is 5.69 Å². The van der Waals surface area contributed by atoms with E-state index in [0.717, 1.165) is 17.0 Å². The quantitative estimate of drug-likeness (QED) is 0.822. The molecule has 0 radical (unpaired) electrons. The third-order valence-electron chi connectivity index (χ3n) is 2.94. The van der Waals surface area contributed by atoms with Crippen molar-refractivity contribution in [3.8, 4) is 5.75 Å². The Labute approximate surface area is 125 Å². The molecule has 0 aliphatic heterocycles. The number of ether oxygens (including phenoxy) is 1. The average Bonchev–Trinajstić information content (AvgIpc) is 2.53. The molecule has 2 N–H and O–H groups in total. The van der Waals surface area contributed by atoms with E-state index in [9.17, 15) is 4.79 Å². The highest BCUT2D eigenvalue weighted by molar-refractivity contribution is 5.81. The van der Waals surface area contributed by atoms with E-state index in [1.165, 1.54) is 0 Å². The summed E-state index contributed by atoms with van der Waals surface area (Å²) in [5.74, 6) is 0.709. The number of likely N-dealkylation sites (N-methyl/N-ethyl adjacent to an activating group) is 1. The van der Waals surface area contributed by atoms with Gasteiger partial charge >= 0.3 is 0 Å². The number of carbonyl (C=O) groups excluding carboxylic acids is 1. The number of carbonyl (C=O) groups is 1. The lowest BCUT2D eigenvalue weighted by Gasteiger charge is -2.13. The molecule has 2 aromatic rings. The van der Waals surface area contributed by atoms with Crippen LogP contribution in [0.15, 0.2) is 54.6 Å². The Bertz CT molecular complexity index is 570. The van der Waals surface area contributed by atoms with Crippen molar-refractivity contribution in [1.29, 1.82) is 0 Å². The van der Waals surface area contributed by atoms with Gasteiger partial charge in [0.2, 0.25) is 5.91 Å². The number of anilines is 1. The van der Waals surface area contributed by atoms with Gasteiger partial charge < -0.3 is 15.4 Å². The molecule has 0 unspecified atom stereocenters. The summed E-state index contributed by atoms with van der Waals surface area (Å²) in [6.45, 7) is 3.27. The summed E-state index contributed by atoms with van der Waals surface area (Å²) in [6, 6.07) is 17.6. The lowest BCUT2D eigenvalue weighted by atomic mass is 10.2. The maximum atomic E-state index is 11.5. The van der Waals surface area contributed by atoms with E-state index < -0.39 is 0 Å². The van der Waals surface area contributed by atoms with Crippen molar-refractivity contribution in [2.75, 3.05) is 18.4 Å². The molecule has 0 spiro atoms. The fourth-order valence-corrected chi connectivity index (χ4v) is 1.91. The molecule has 0 saturated carbocycles. The van der Waals surface area contributed by atoms with Gasteiger partial charge in [0.15, 0.2) is 0 Å². The van der Waals surface area contributed by atoms with Crippen molar-refractivity contribution in [2.45, 2.75) is 13.5 Å². The molecule has 4 nitrogen and oxygen atoms in total. The summed E-state index contributed by atoms with van der Waals surface area (Å²) in [5.41, 5.74) is 1.93. The van der Waals surface area contributed by atoms with Crippen molar-refractivity contribution in [3.05, 3.63) is 60.2 Å². The second-order valence-corrected chi connectivity index (χ2v) is 4.58. The van der Waals surface area contributed by atoms with Crippen LogP contribution in [-0.2, 0) is 11.4 Å². The zero-order valence-electron chi connectivity index (χ0n) is 12.1. The van der Waals surface area contributed by atoms with Crippen LogP contribution in [0.2, 0.25) is 0 Å². The van der Waals surface area contributed by atoms with Gasteiger partial charge in [0.1, 0.15) is 12.4 Å². The average molecular weight is 284 g/mol. The molecule has 0 bridgehead atoms. The second kappa shape index (κ2) is 7.94. The van der Waals surface area contributed by atoms with E-state index in [0.29, 0.717) is 13.2 Å². The van der Waals surface area contributed by atoms with Crippen LogP contribution in [0.5, 0.6) is 5.75 Å². The number of hydrogen-bond donors (Lipinski definition) is 2. The maximum Gasteiger partial charge on any atom is 0.239 e. The minimum Gasteiger partial charge on any atom is -0.487 e. The van der Waals surface area contributed by atoms with Gasteiger partial charge in [-0.05, 0) is 24.6 Å². The van der Waals surface area contributed by atoms with Gasteiger partial charge in [0.05, 0.1) is 12.2 Å². The van der Waals surface area contributed by atoms with Crippen LogP contribution in [0, 0.1) is 0 Å². The molecule has 110 valence electrons. The topological polar surface area (TPSA) is 50.4 Å². The molecular formula is C17H20N2O2. The minimum absolute atomic E-state index is 0.0321. The van der Waals surface area contributed by atoms with Gasteiger partial charge in [0.25, 0.3) is 0 Å². The summed E-state index contributed by atoms with van der Waals surface area (Å²) >= 11 is 0. The predicted molar refractivity (Wildman–Crippen MR) is 84.4 cm³/mol. The highest BCUT2D eigenvalue weighted by Gasteiger charge is 2.05. The largest absolute Gasteiger partial charge is 0.487 e. The maximum absolute atomic E-state index is 11.5. The fraction of sp³-hybridized carbons (Fsp3) is 0.235. The number of para-hydroxylation sites is 2. The minimum atomic E-state index is -0.0321. The summed E-state index contributed by atoms with van der Waals surface area (Å²) < 4.78 is 5.82. The van der Waals surface area contributed by atoms with Crippen molar-refractivity contribution < 1.29 is 9.53 Å². The molecule has 21 heavy (non-hydrogen) atoms. The fourth-order valence-electron chi connectivity index (χ4n) is 1.91. The molecule has 0 aliphatic rings. The lowest BCUT2D eigenvalue weighted by molar-refractivity contribution is -0.119. The van der Waals surface area contributed by atoms with E-state index >= 15 is 0 Å². The molecule has 4 heteroatoms. The van der Waals surface area contributed by atoms with E-state index in [-0.39, 0.29) is 12.5 Å². The molecule has 0 fully saturated rings. The highest BCUT2D eigenvalue weighted by Crippen LogP contribution is 2.24. The van der Waals surface area contributed by atoms with Gasteiger partial charge in [-0.3, -0.25) is 4.79 Å². The van der Waals surface area contributed by atoms with Gasteiger partial charge in [-0.25, -0.2) is 0 Å². The van der Waals surface area contributed by atoms with E-state index in [1.807, 2.05) is 61.5 Å². The molecule has 2 rings (SSSR count). The Kier molecular flexibility index (Phi) is 5.64. The van der Waals surface area contributed by atoms with Crippen LogP contribution in [0.3, 0.4) is 0 Å². The monoisotopic (exact) mass is 284 g/mol. The third kappa shape index (κ3) is 4.84. The first kappa shape index (κ1) is 14.9. The molecule has 0 aliphatic carbocycles. The summed E-state index contributed by atoms with van der Waals surface area (Å²) in [6.07, 6.45) is 0. The van der Waals surface area contributed by atoms with Gasteiger partial charge in [-0.2, -0.15) is 0 Å². The molecule has 2 aromatic carbocycles. The van der Waals surface area contributed by atoms with Crippen molar-refractivity contribution >= 4 is 11.6 Å². The smallest absolute Gasteiger partial charge is 0.239 e. The van der Waals surface area contributed by atoms with Crippen LogP contribution >= 0.6 is 0 Å². The molecule has 0 saturated heterocycles. The Hall–Kier alpha value is -2.49. The Morgan fingerprint density at radius 2 is 1.76 bits per heavy atom. The summed E-state index contributed by atoms with van der Waals surface area (Å²) in [7, 11) is 0. The third-order valence-corrected chi connectivity index (χ3v) is 2.94. The number of nitrogens with one attached hydrogen (secondary N) is 2. The van der Waals surface area contributed by atoms with Gasteiger partial charge in [-0.15, -0.1) is 0 Å². The van der Waals surface area contributed by atoms with E-state index in [4.69, 9.17) is 4.74 Å². The van der Waals surface area contributed by atoms with Gasteiger partial charge in [0, 0.05) is 6.54 Å². The Morgan fingerprint density at radius 1 is 1.05 bits per heavy atom. The summed E-state index contributed by atoms with van der Waals surface area (Å²) in [4.78, 5) is 11.5. The van der Waals surface area contributed by atoms with Crippen molar-refractivity contribution in [3.63, 3.8) is 0 Å². The zero-order chi connectivity index (χ0) is 14.9. The Morgan fingerprint density at radius 3 is 2.52 bits per heavy atom. The number of rotatable bonds is 7. The van der Waals surface area contributed by atoms with Crippen LogP contribution in [0.1, 0.15) is 12.5 Å². The number of hydrogen-bond acceptors (Lipinski definition) is 3. The molecule has 0 atom stereocenters.